The van der Waals surface area contributed by atoms with Gasteiger partial charge in [0.2, 0.25) is 0 Å². The van der Waals surface area contributed by atoms with Crippen LogP contribution in [0.4, 0.5) is 5.69 Å². The van der Waals surface area contributed by atoms with Gasteiger partial charge in [0.05, 0.1) is 5.37 Å². The van der Waals surface area contributed by atoms with Crippen LogP contribution < -0.4 is 15.7 Å². The van der Waals surface area contributed by atoms with Crippen molar-refractivity contribution in [1.29, 1.82) is 0 Å². The van der Waals surface area contributed by atoms with Crippen LogP contribution in [0.25, 0.3) is 0 Å². The number of hydrogen-bond donors (Lipinski definition) is 1. The van der Waals surface area contributed by atoms with E-state index in [0.29, 0.717) is 11.4 Å². The van der Waals surface area contributed by atoms with Crippen LogP contribution in [0.3, 0.4) is 0 Å². The Balaban J connectivity index is 2.21. The van der Waals surface area contributed by atoms with Crippen LogP contribution in [0.5, 0.6) is 0 Å². The van der Waals surface area contributed by atoms with Gasteiger partial charge in [-0.25, -0.2) is 0 Å². The molecule has 1 aromatic carbocycles. The summed E-state index contributed by atoms with van der Waals surface area (Å²) >= 11 is 1.95. The molecule has 2 unspecified atom stereocenters. The maximum Gasteiger partial charge on any atom is 0.116 e. The molecule has 0 saturated carbocycles. The van der Waals surface area contributed by atoms with Gasteiger partial charge in [0.1, 0.15) is 7.85 Å². The highest BCUT2D eigenvalue weighted by Gasteiger charge is 2.22. The summed E-state index contributed by atoms with van der Waals surface area (Å²) in [5.41, 5.74) is 3.21. The van der Waals surface area contributed by atoms with Crippen molar-refractivity contribution in [3.8, 4) is 0 Å². The van der Waals surface area contributed by atoms with Gasteiger partial charge in [0, 0.05) is 31.6 Å². The summed E-state index contributed by atoms with van der Waals surface area (Å²) in [5.74, 6) is 1.17. The van der Waals surface area contributed by atoms with Crippen molar-refractivity contribution < 1.29 is 0 Å². The first-order valence-corrected chi connectivity index (χ1v) is 6.57. The van der Waals surface area contributed by atoms with Crippen LogP contribution in [0.2, 0.25) is 0 Å². The van der Waals surface area contributed by atoms with Gasteiger partial charge >= 0.3 is 0 Å². The fourth-order valence-corrected chi connectivity index (χ4v) is 3.18. The molecule has 4 heteroatoms. The molecule has 2 rings (SSSR count). The molecule has 0 amide bonds. The standard InChI is InChI=1S/C12H17BN2S/c1-8-7-16-12(14-8)9-4-5-11(15(2)3)10(13)6-9/h4-6,8,12,14H,7H2,1-3H3. The second kappa shape index (κ2) is 4.72. The summed E-state index contributed by atoms with van der Waals surface area (Å²) < 4.78 is 0. The van der Waals surface area contributed by atoms with Crippen molar-refractivity contribution in [2.45, 2.75) is 18.3 Å². The van der Waals surface area contributed by atoms with E-state index in [2.05, 4.69) is 30.4 Å². The maximum absolute atomic E-state index is 6.05. The quantitative estimate of drug-likeness (QED) is 0.773. The maximum atomic E-state index is 6.05. The van der Waals surface area contributed by atoms with Gasteiger partial charge in [-0.2, -0.15) is 0 Å². The first-order valence-electron chi connectivity index (χ1n) is 5.52. The van der Waals surface area contributed by atoms with Gasteiger partial charge in [-0.1, -0.05) is 17.6 Å². The highest BCUT2D eigenvalue weighted by atomic mass is 32.2. The monoisotopic (exact) mass is 232 g/mol. The lowest BCUT2D eigenvalue weighted by atomic mass is 9.91. The molecule has 0 spiro atoms. The highest BCUT2D eigenvalue weighted by Crippen LogP contribution is 2.32. The second-order valence-corrected chi connectivity index (χ2v) is 5.63. The molecule has 16 heavy (non-hydrogen) atoms. The number of nitrogens with zero attached hydrogens (tertiary/aromatic N) is 1. The van der Waals surface area contributed by atoms with E-state index in [1.807, 2.05) is 30.8 Å². The minimum Gasteiger partial charge on any atom is -0.378 e. The van der Waals surface area contributed by atoms with Crippen molar-refractivity contribution >= 4 is 30.8 Å². The minimum atomic E-state index is 0.397. The molecular weight excluding hydrogens is 215 g/mol. The summed E-state index contributed by atoms with van der Waals surface area (Å²) in [6, 6.07) is 6.92. The minimum absolute atomic E-state index is 0.397. The molecule has 1 heterocycles. The van der Waals surface area contributed by atoms with Crippen LogP contribution in [-0.2, 0) is 0 Å². The molecule has 1 aromatic rings. The molecule has 1 fully saturated rings. The number of thioether (sulfide) groups is 1. The summed E-state index contributed by atoms with van der Waals surface area (Å²) in [6.07, 6.45) is 0. The van der Waals surface area contributed by atoms with E-state index in [-0.39, 0.29) is 0 Å². The molecule has 1 aliphatic heterocycles. The van der Waals surface area contributed by atoms with Gasteiger partial charge in [0.15, 0.2) is 0 Å². The Labute approximate surface area is 103 Å². The summed E-state index contributed by atoms with van der Waals surface area (Å²) in [7, 11) is 10.1. The molecule has 1 aliphatic rings. The van der Waals surface area contributed by atoms with Gasteiger partial charge < -0.3 is 4.90 Å². The van der Waals surface area contributed by atoms with Crippen molar-refractivity contribution in [2.75, 3.05) is 24.7 Å². The Morgan fingerprint density at radius 3 is 2.69 bits per heavy atom. The highest BCUT2D eigenvalue weighted by molar-refractivity contribution is 7.99. The average Bonchev–Trinajstić information content (AvgIpc) is 2.64. The van der Waals surface area contributed by atoms with Gasteiger partial charge in [0.25, 0.3) is 0 Å². The third kappa shape index (κ3) is 2.38. The predicted molar refractivity (Wildman–Crippen MR) is 74.0 cm³/mol. The Kier molecular flexibility index (Phi) is 3.50. The number of hydrogen-bond acceptors (Lipinski definition) is 3. The van der Waals surface area contributed by atoms with Crippen molar-refractivity contribution in [2.24, 2.45) is 0 Å². The largest absolute Gasteiger partial charge is 0.378 e. The SMILES string of the molecule is [B]c1cc(C2NC(C)CS2)ccc1N(C)C. The lowest BCUT2D eigenvalue weighted by molar-refractivity contribution is 0.618. The number of anilines is 1. The van der Waals surface area contributed by atoms with E-state index in [1.165, 1.54) is 11.3 Å². The Bertz CT molecular complexity index is 381. The molecule has 1 N–H and O–H groups in total. The van der Waals surface area contributed by atoms with Crippen molar-refractivity contribution in [3.63, 3.8) is 0 Å². The van der Waals surface area contributed by atoms with Crippen LogP contribution in [0.15, 0.2) is 18.2 Å². The topological polar surface area (TPSA) is 15.3 Å². The summed E-state index contributed by atoms with van der Waals surface area (Å²) in [5, 5.41) is 3.94. The predicted octanol–water partition coefficient (Wildman–Crippen LogP) is 1.27. The first-order chi connectivity index (χ1) is 7.58. The van der Waals surface area contributed by atoms with E-state index in [1.54, 1.807) is 0 Å². The molecular formula is C12H17BN2S. The van der Waals surface area contributed by atoms with Crippen LogP contribution in [-0.4, -0.2) is 33.7 Å². The van der Waals surface area contributed by atoms with E-state index >= 15 is 0 Å². The number of benzene rings is 1. The zero-order valence-electron chi connectivity index (χ0n) is 10.0. The van der Waals surface area contributed by atoms with E-state index in [4.69, 9.17) is 7.85 Å². The molecule has 84 valence electrons. The van der Waals surface area contributed by atoms with Crippen LogP contribution in [0.1, 0.15) is 17.9 Å². The molecule has 2 radical (unpaired) electrons. The van der Waals surface area contributed by atoms with Gasteiger partial charge in [-0.05, 0) is 18.6 Å². The van der Waals surface area contributed by atoms with Crippen molar-refractivity contribution in [3.05, 3.63) is 23.8 Å². The average molecular weight is 232 g/mol. The Morgan fingerprint density at radius 2 is 2.19 bits per heavy atom. The van der Waals surface area contributed by atoms with Crippen molar-refractivity contribution in [1.82, 2.24) is 5.32 Å². The number of nitrogens with one attached hydrogen (secondary N) is 1. The molecule has 2 nitrogen and oxygen atoms in total. The Morgan fingerprint density at radius 1 is 1.44 bits per heavy atom. The number of rotatable bonds is 2. The van der Waals surface area contributed by atoms with E-state index < -0.39 is 0 Å². The fourth-order valence-electron chi connectivity index (χ4n) is 1.93. The zero-order chi connectivity index (χ0) is 11.7. The third-order valence-electron chi connectivity index (χ3n) is 2.78. The lowest BCUT2D eigenvalue weighted by Gasteiger charge is -2.19. The van der Waals surface area contributed by atoms with Gasteiger partial charge in [-0.3, -0.25) is 5.32 Å². The lowest BCUT2D eigenvalue weighted by Crippen LogP contribution is -2.24. The molecule has 1 saturated heterocycles. The Hall–Kier alpha value is -0.605. The molecule has 0 aromatic heterocycles. The smallest absolute Gasteiger partial charge is 0.116 e. The molecule has 0 aliphatic carbocycles. The first kappa shape index (κ1) is 11.9. The zero-order valence-corrected chi connectivity index (χ0v) is 10.8. The van der Waals surface area contributed by atoms with Crippen LogP contribution >= 0.6 is 11.8 Å². The van der Waals surface area contributed by atoms with E-state index in [9.17, 15) is 0 Å². The third-order valence-corrected chi connectivity index (χ3v) is 4.22. The fraction of sp³-hybridized carbons (Fsp3) is 0.500. The molecule has 2 atom stereocenters. The second-order valence-electron chi connectivity index (χ2n) is 4.49. The summed E-state index contributed by atoms with van der Waals surface area (Å²) in [6.45, 7) is 2.21. The van der Waals surface area contributed by atoms with Gasteiger partial charge in [-0.15, -0.1) is 11.8 Å². The normalized spacial score (nSPS) is 24.7. The molecule has 0 bridgehead atoms. The summed E-state index contributed by atoms with van der Waals surface area (Å²) in [4.78, 5) is 2.04. The van der Waals surface area contributed by atoms with E-state index in [0.717, 1.165) is 11.2 Å². The van der Waals surface area contributed by atoms with Crippen LogP contribution in [0, 0.1) is 0 Å².